The molecule has 0 aromatic carbocycles. The highest BCUT2D eigenvalue weighted by atomic mass is 32.1. The Balaban J connectivity index is 2.11. The molecule has 0 N–H and O–H groups in total. The van der Waals surface area contributed by atoms with Crippen molar-refractivity contribution in [3.05, 3.63) is 27.2 Å². The summed E-state index contributed by atoms with van der Waals surface area (Å²) in [5, 5.41) is 3.99. The van der Waals surface area contributed by atoms with E-state index in [0.717, 1.165) is 23.4 Å². The summed E-state index contributed by atoms with van der Waals surface area (Å²) in [4.78, 5) is 17.6. The van der Waals surface area contributed by atoms with Gasteiger partial charge in [-0.2, -0.15) is 0 Å². The van der Waals surface area contributed by atoms with Crippen molar-refractivity contribution in [1.82, 2.24) is 14.6 Å². The van der Waals surface area contributed by atoms with Crippen LogP contribution in [0.25, 0.3) is 0 Å². The van der Waals surface area contributed by atoms with E-state index in [1.807, 2.05) is 0 Å². The van der Waals surface area contributed by atoms with Crippen LogP contribution in [-0.2, 0) is 12.8 Å². The number of thiazole rings is 1. The Morgan fingerprint density at radius 3 is 3.06 bits per heavy atom. The van der Waals surface area contributed by atoms with Gasteiger partial charge in [0.25, 0.3) is 0 Å². The molecular weight excluding hydrogens is 242 g/mol. The van der Waals surface area contributed by atoms with Gasteiger partial charge in [-0.25, -0.2) is 0 Å². The second kappa shape index (κ2) is 5.27. The minimum atomic E-state index is 0.0997. The van der Waals surface area contributed by atoms with E-state index < -0.39 is 0 Å². The third kappa shape index (κ3) is 2.51. The van der Waals surface area contributed by atoms with Gasteiger partial charge in [-0.05, 0) is 18.0 Å². The van der Waals surface area contributed by atoms with E-state index in [4.69, 9.17) is 0 Å². The van der Waals surface area contributed by atoms with Gasteiger partial charge in [-0.1, -0.05) is 17.8 Å². The quantitative estimate of drug-likeness (QED) is 0.768. The standard InChI is InChI=1S/C10H11N3OS2/c1-2-3-8-10(16-13-12-8)9(14)4-7-5-11-6-15-7/h5-6H,2-4H2,1H3. The van der Waals surface area contributed by atoms with E-state index in [-0.39, 0.29) is 5.78 Å². The molecule has 0 unspecified atom stereocenters. The first-order valence-electron chi connectivity index (χ1n) is 5.03. The number of aryl methyl sites for hydroxylation is 1. The molecule has 84 valence electrons. The van der Waals surface area contributed by atoms with Crippen molar-refractivity contribution in [2.24, 2.45) is 0 Å². The Hall–Kier alpha value is -1.14. The van der Waals surface area contributed by atoms with E-state index in [2.05, 4.69) is 21.5 Å². The monoisotopic (exact) mass is 253 g/mol. The minimum Gasteiger partial charge on any atom is -0.293 e. The molecule has 0 aliphatic rings. The molecule has 0 saturated heterocycles. The van der Waals surface area contributed by atoms with E-state index >= 15 is 0 Å². The molecule has 0 aliphatic carbocycles. The van der Waals surface area contributed by atoms with Gasteiger partial charge in [0.05, 0.1) is 11.2 Å². The molecule has 0 radical (unpaired) electrons. The van der Waals surface area contributed by atoms with Crippen LogP contribution in [0.15, 0.2) is 11.7 Å². The van der Waals surface area contributed by atoms with Crippen molar-refractivity contribution in [1.29, 1.82) is 0 Å². The number of ketones is 1. The average Bonchev–Trinajstić information content (AvgIpc) is 2.89. The number of nitrogens with zero attached hydrogens (tertiary/aromatic N) is 3. The molecule has 16 heavy (non-hydrogen) atoms. The van der Waals surface area contributed by atoms with Crippen LogP contribution in [0.3, 0.4) is 0 Å². The fourth-order valence-electron chi connectivity index (χ4n) is 1.39. The largest absolute Gasteiger partial charge is 0.293 e. The van der Waals surface area contributed by atoms with Crippen molar-refractivity contribution in [2.75, 3.05) is 0 Å². The zero-order chi connectivity index (χ0) is 11.4. The minimum absolute atomic E-state index is 0.0997. The molecule has 0 amide bonds. The Labute approximate surface area is 102 Å². The third-order valence-electron chi connectivity index (χ3n) is 2.11. The predicted molar refractivity (Wildman–Crippen MR) is 64.1 cm³/mol. The lowest BCUT2D eigenvalue weighted by molar-refractivity contribution is 0.0996. The van der Waals surface area contributed by atoms with Crippen LogP contribution in [0.2, 0.25) is 0 Å². The predicted octanol–water partition coefficient (Wildman–Crippen LogP) is 2.37. The molecular formula is C10H11N3OS2. The topological polar surface area (TPSA) is 55.7 Å². The normalized spacial score (nSPS) is 10.6. The first-order chi connectivity index (χ1) is 7.81. The molecule has 0 saturated carbocycles. The van der Waals surface area contributed by atoms with Crippen molar-refractivity contribution in [3.8, 4) is 0 Å². The second-order valence-electron chi connectivity index (χ2n) is 3.37. The zero-order valence-electron chi connectivity index (χ0n) is 8.84. The number of aromatic nitrogens is 3. The molecule has 4 nitrogen and oxygen atoms in total. The van der Waals surface area contributed by atoms with Crippen LogP contribution in [0, 0.1) is 0 Å². The average molecular weight is 253 g/mol. The maximum Gasteiger partial charge on any atom is 0.181 e. The highest BCUT2D eigenvalue weighted by Crippen LogP contribution is 2.17. The van der Waals surface area contributed by atoms with Gasteiger partial charge >= 0.3 is 0 Å². The van der Waals surface area contributed by atoms with Crippen molar-refractivity contribution in [2.45, 2.75) is 26.2 Å². The summed E-state index contributed by atoms with van der Waals surface area (Å²) < 4.78 is 3.85. The summed E-state index contributed by atoms with van der Waals surface area (Å²) in [6, 6.07) is 0. The van der Waals surface area contributed by atoms with Gasteiger partial charge < -0.3 is 0 Å². The summed E-state index contributed by atoms with van der Waals surface area (Å²) >= 11 is 2.69. The Kier molecular flexibility index (Phi) is 3.74. The Morgan fingerprint density at radius 2 is 2.38 bits per heavy atom. The number of rotatable bonds is 5. The molecule has 2 heterocycles. The van der Waals surface area contributed by atoms with Crippen LogP contribution in [0.5, 0.6) is 0 Å². The fraction of sp³-hybridized carbons (Fsp3) is 0.400. The van der Waals surface area contributed by atoms with Crippen LogP contribution < -0.4 is 0 Å². The molecule has 0 bridgehead atoms. The van der Waals surface area contributed by atoms with Crippen LogP contribution in [0.4, 0.5) is 0 Å². The Morgan fingerprint density at radius 1 is 1.50 bits per heavy atom. The van der Waals surface area contributed by atoms with E-state index in [1.54, 1.807) is 11.7 Å². The molecule has 2 aromatic heterocycles. The molecule has 2 rings (SSSR count). The zero-order valence-corrected chi connectivity index (χ0v) is 10.5. The van der Waals surface area contributed by atoms with Crippen LogP contribution in [0.1, 0.15) is 33.6 Å². The van der Waals surface area contributed by atoms with Crippen LogP contribution in [-0.4, -0.2) is 20.4 Å². The van der Waals surface area contributed by atoms with Crippen molar-refractivity contribution < 1.29 is 4.79 Å². The van der Waals surface area contributed by atoms with Gasteiger partial charge in [0.15, 0.2) is 5.78 Å². The maximum atomic E-state index is 12.0. The number of hydrogen-bond acceptors (Lipinski definition) is 6. The van der Waals surface area contributed by atoms with Gasteiger partial charge in [-0.3, -0.25) is 9.78 Å². The SMILES string of the molecule is CCCc1nnsc1C(=O)Cc1cncs1. The van der Waals surface area contributed by atoms with Crippen molar-refractivity contribution >= 4 is 28.7 Å². The summed E-state index contributed by atoms with van der Waals surface area (Å²) in [6.45, 7) is 2.07. The van der Waals surface area contributed by atoms with Crippen LogP contribution >= 0.6 is 22.9 Å². The van der Waals surface area contributed by atoms with Gasteiger partial charge in [-0.15, -0.1) is 16.4 Å². The van der Waals surface area contributed by atoms with E-state index in [0.29, 0.717) is 11.3 Å². The lowest BCUT2D eigenvalue weighted by Gasteiger charge is -1.97. The van der Waals surface area contributed by atoms with Gasteiger partial charge in [0, 0.05) is 17.5 Å². The first kappa shape index (κ1) is 11.3. The summed E-state index contributed by atoms with van der Waals surface area (Å²) in [5.74, 6) is 0.0997. The second-order valence-corrected chi connectivity index (χ2v) is 5.09. The number of carbonyl (C=O) groups excluding carboxylic acids is 1. The highest BCUT2D eigenvalue weighted by molar-refractivity contribution is 7.10. The lowest BCUT2D eigenvalue weighted by Crippen LogP contribution is -2.03. The first-order valence-corrected chi connectivity index (χ1v) is 6.68. The highest BCUT2D eigenvalue weighted by Gasteiger charge is 2.16. The number of Topliss-reactive ketones (excluding diaryl/α,β-unsaturated/α-hetero) is 1. The fourth-order valence-corrected chi connectivity index (χ4v) is 2.63. The molecule has 0 atom stereocenters. The number of carbonyl (C=O) groups is 1. The summed E-state index contributed by atoms with van der Waals surface area (Å²) in [6.07, 6.45) is 3.94. The number of hydrogen-bond donors (Lipinski definition) is 0. The molecule has 0 fully saturated rings. The summed E-state index contributed by atoms with van der Waals surface area (Å²) in [5.41, 5.74) is 2.57. The van der Waals surface area contributed by atoms with Crippen molar-refractivity contribution in [3.63, 3.8) is 0 Å². The van der Waals surface area contributed by atoms with Gasteiger partial charge in [0.1, 0.15) is 4.88 Å². The molecule has 6 heteroatoms. The van der Waals surface area contributed by atoms with E-state index in [1.165, 1.54) is 22.9 Å². The molecule has 0 spiro atoms. The summed E-state index contributed by atoms with van der Waals surface area (Å²) in [7, 11) is 0. The van der Waals surface area contributed by atoms with E-state index in [9.17, 15) is 4.79 Å². The Bertz CT molecular complexity index is 464. The lowest BCUT2D eigenvalue weighted by atomic mass is 10.1. The molecule has 2 aromatic rings. The third-order valence-corrected chi connectivity index (χ3v) is 3.70. The smallest absolute Gasteiger partial charge is 0.181 e. The maximum absolute atomic E-state index is 12.0. The molecule has 0 aliphatic heterocycles. The van der Waals surface area contributed by atoms with Gasteiger partial charge in [0.2, 0.25) is 0 Å².